The molecule has 0 aromatic rings. The molecule has 0 aromatic carbocycles. The molecule has 0 spiro atoms. The minimum atomic E-state index is 0. The van der Waals surface area contributed by atoms with Gasteiger partial charge in [0.05, 0.1) is 0 Å². The topological polar surface area (TPSA) is 36.9 Å². The molecule has 2 fully saturated rings. The average molecular weight is 423 g/mol. The van der Waals surface area contributed by atoms with Crippen LogP contribution in [0.2, 0.25) is 0 Å². The minimum Gasteiger partial charge on any atom is -0.381 e. The van der Waals surface area contributed by atoms with Gasteiger partial charge in [-0.2, -0.15) is 0 Å². The second-order valence-electron chi connectivity index (χ2n) is 7.83. The Labute approximate surface area is 153 Å². The molecule has 2 rings (SSSR count). The first-order valence-electron chi connectivity index (χ1n) is 8.33. The third-order valence-electron chi connectivity index (χ3n) is 6.08. The van der Waals surface area contributed by atoms with Gasteiger partial charge < -0.3 is 15.0 Å². The lowest BCUT2D eigenvalue weighted by Gasteiger charge is -2.27. The van der Waals surface area contributed by atoms with Gasteiger partial charge in [0.1, 0.15) is 0 Å². The Kier molecular flexibility index (Phi) is 6.99. The monoisotopic (exact) mass is 423 g/mol. The summed E-state index contributed by atoms with van der Waals surface area (Å²) < 4.78 is 5.43. The predicted octanol–water partition coefficient (Wildman–Crippen LogP) is 3.36. The summed E-state index contributed by atoms with van der Waals surface area (Å²) in [6, 6.07) is 0.509. The predicted molar refractivity (Wildman–Crippen MR) is 104 cm³/mol. The normalized spacial score (nSPS) is 24.5. The molecular weight excluding hydrogens is 389 g/mol. The highest BCUT2D eigenvalue weighted by molar-refractivity contribution is 14.0. The molecule has 0 radical (unpaired) electrons. The molecule has 0 atom stereocenters. The van der Waals surface area contributed by atoms with Crippen LogP contribution in [-0.4, -0.2) is 50.8 Å². The van der Waals surface area contributed by atoms with E-state index in [2.05, 4.69) is 50.0 Å². The Hall–Kier alpha value is -0.0400. The molecule has 1 saturated carbocycles. The van der Waals surface area contributed by atoms with Crippen LogP contribution in [0.5, 0.6) is 0 Å². The quantitative estimate of drug-likeness (QED) is 0.428. The van der Waals surface area contributed by atoms with Gasteiger partial charge in [-0.15, -0.1) is 24.0 Å². The highest BCUT2D eigenvalue weighted by atomic mass is 127. The molecule has 1 saturated heterocycles. The van der Waals surface area contributed by atoms with Gasteiger partial charge in [0.2, 0.25) is 0 Å². The molecule has 2 aliphatic rings. The molecule has 0 bridgehead atoms. The number of halogens is 1. The molecule has 1 aliphatic heterocycles. The molecule has 130 valence electrons. The van der Waals surface area contributed by atoms with Crippen molar-refractivity contribution in [1.82, 2.24) is 10.2 Å². The van der Waals surface area contributed by atoms with Crippen LogP contribution in [0, 0.1) is 16.7 Å². The number of ether oxygens (including phenoxy) is 1. The minimum absolute atomic E-state index is 0. The third kappa shape index (κ3) is 4.08. The van der Waals surface area contributed by atoms with Crippen molar-refractivity contribution >= 4 is 29.9 Å². The zero-order valence-corrected chi connectivity index (χ0v) is 17.4. The molecule has 1 heterocycles. The number of nitrogens with zero attached hydrogens (tertiary/aromatic N) is 2. The van der Waals surface area contributed by atoms with E-state index in [1.54, 1.807) is 0 Å². The smallest absolute Gasteiger partial charge is 0.193 e. The van der Waals surface area contributed by atoms with Crippen LogP contribution in [-0.2, 0) is 4.74 Å². The van der Waals surface area contributed by atoms with Gasteiger partial charge in [-0.3, -0.25) is 4.99 Å². The van der Waals surface area contributed by atoms with Crippen LogP contribution in [0.1, 0.15) is 47.0 Å². The van der Waals surface area contributed by atoms with E-state index in [4.69, 9.17) is 4.74 Å². The first-order chi connectivity index (χ1) is 9.80. The van der Waals surface area contributed by atoms with Crippen molar-refractivity contribution < 1.29 is 4.74 Å². The standard InChI is InChI=1S/C17H33N3O.HI/c1-16(2)14(17(16,3)4)19-15(18-5)20(6)10-7-13-8-11-21-12-9-13;/h13-14H,7-12H2,1-6H3,(H,18,19);1H. The van der Waals surface area contributed by atoms with Crippen LogP contribution in [0.25, 0.3) is 0 Å². The molecule has 4 nitrogen and oxygen atoms in total. The fourth-order valence-electron chi connectivity index (χ4n) is 3.55. The van der Waals surface area contributed by atoms with Crippen LogP contribution in [0.4, 0.5) is 0 Å². The van der Waals surface area contributed by atoms with E-state index in [-0.39, 0.29) is 24.0 Å². The van der Waals surface area contributed by atoms with E-state index >= 15 is 0 Å². The number of hydrogen-bond acceptors (Lipinski definition) is 2. The highest BCUT2D eigenvalue weighted by Gasteiger charge is 2.65. The average Bonchev–Trinajstić information content (AvgIpc) is 2.84. The van der Waals surface area contributed by atoms with E-state index in [0.29, 0.717) is 16.9 Å². The maximum absolute atomic E-state index is 5.43. The van der Waals surface area contributed by atoms with Gasteiger partial charge in [-0.1, -0.05) is 27.7 Å². The summed E-state index contributed by atoms with van der Waals surface area (Å²) in [6.07, 6.45) is 3.66. The summed E-state index contributed by atoms with van der Waals surface area (Å²) in [4.78, 5) is 6.75. The van der Waals surface area contributed by atoms with Gasteiger partial charge in [-0.05, 0) is 36.0 Å². The van der Waals surface area contributed by atoms with E-state index in [0.717, 1.165) is 31.6 Å². The maximum atomic E-state index is 5.43. The number of nitrogens with one attached hydrogen (secondary N) is 1. The molecule has 0 amide bonds. The summed E-state index contributed by atoms with van der Waals surface area (Å²) in [5, 5.41) is 3.66. The van der Waals surface area contributed by atoms with Crippen molar-refractivity contribution in [3.05, 3.63) is 0 Å². The molecule has 5 heteroatoms. The van der Waals surface area contributed by atoms with Crippen molar-refractivity contribution in [2.75, 3.05) is 33.9 Å². The lowest BCUT2D eigenvalue weighted by molar-refractivity contribution is 0.0625. The van der Waals surface area contributed by atoms with Gasteiger partial charge in [0.15, 0.2) is 5.96 Å². The van der Waals surface area contributed by atoms with Crippen LogP contribution >= 0.6 is 24.0 Å². The Balaban J connectivity index is 0.00000242. The van der Waals surface area contributed by atoms with E-state index < -0.39 is 0 Å². The molecule has 1 aliphatic carbocycles. The van der Waals surface area contributed by atoms with E-state index in [9.17, 15) is 0 Å². The zero-order chi connectivity index (χ0) is 15.7. The summed E-state index contributed by atoms with van der Waals surface area (Å²) in [6.45, 7) is 12.3. The molecular formula is C17H34IN3O. The Morgan fingerprint density at radius 3 is 2.18 bits per heavy atom. The number of aliphatic imine (C=N–C) groups is 1. The SMILES string of the molecule is CN=C(NC1C(C)(C)C1(C)C)N(C)CCC1CCOCC1.I. The van der Waals surface area contributed by atoms with Gasteiger partial charge in [-0.25, -0.2) is 0 Å². The second kappa shape index (κ2) is 7.69. The fraction of sp³-hybridized carbons (Fsp3) is 0.941. The lowest BCUT2D eigenvalue weighted by atomic mass is 9.96. The van der Waals surface area contributed by atoms with E-state index in [1.165, 1.54) is 19.3 Å². The summed E-state index contributed by atoms with van der Waals surface area (Å²) in [7, 11) is 4.03. The van der Waals surface area contributed by atoms with Crippen molar-refractivity contribution in [2.45, 2.75) is 53.0 Å². The fourth-order valence-corrected chi connectivity index (χ4v) is 3.55. The maximum Gasteiger partial charge on any atom is 0.193 e. The van der Waals surface area contributed by atoms with E-state index in [1.807, 2.05) is 7.05 Å². The lowest BCUT2D eigenvalue weighted by Crippen LogP contribution is -2.42. The Morgan fingerprint density at radius 1 is 1.18 bits per heavy atom. The van der Waals surface area contributed by atoms with Gasteiger partial charge in [0.25, 0.3) is 0 Å². The van der Waals surface area contributed by atoms with Gasteiger partial charge >= 0.3 is 0 Å². The van der Waals surface area contributed by atoms with Crippen molar-refractivity contribution in [3.8, 4) is 0 Å². The highest BCUT2D eigenvalue weighted by Crippen LogP contribution is 2.62. The molecule has 22 heavy (non-hydrogen) atoms. The molecule has 1 N–H and O–H groups in total. The summed E-state index contributed by atoms with van der Waals surface area (Å²) >= 11 is 0. The van der Waals surface area contributed by atoms with Crippen molar-refractivity contribution in [3.63, 3.8) is 0 Å². The third-order valence-corrected chi connectivity index (χ3v) is 6.08. The largest absolute Gasteiger partial charge is 0.381 e. The Morgan fingerprint density at radius 2 is 1.73 bits per heavy atom. The Bertz CT molecular complexity index is 375. The number of guanidine groups is 1. The number of rotatable bonds is 4. The van der Waals surface area contributed by atoms with Crippen LogP contribution in [0.15, 0.2) is 4.99 Å². The first-order valence-corrected chi connectivity index (χ1v) is 8.33. The van der Waals surface area contributed by atoms with Gasteiger partial charge in [0, 0.05) is 39.9 Å². The van der Waals surface area contributed by atoms with Crippen molar-refractivity contribution in [2.24, 2.45) is 21.7 Å². The molecule has 0 aromatic heterocycles. The van der Waals surface area contributed by atoms with Crippen molar-refractivity contribution in [1.29, 1.82) is 0 Å². The number of hydrogen-bond donors (Lipinski definition) is 1. The zero-order valence-electron chi connectivity index (χ0n) is 15.1. The molecule has 0 unspecified atom stereocenters. The van der Waals surface area contributed by atoms with Crippen LogP contribution < -0.4 is 5.32 Å². The summed E-state index contributed by atoms with van der Waals surface area (Å²) in [5.41, 5.74) is 0.676. The summed E-state index contributed by atoms with van der Waals surface area (Å²) in [5.74, 6) is 1.85. The first kappa shape index (κ1) is 20.0. The van der Waals surface area contributed by atoms with Crippen LogP contribution in [0.3, 0.4) is 0 Å². The second-order valence-corrected chi connectivity index (χ2v) is 7.83.